The van der Waals surface area contributed by atoms with Gasteiger partial charge in [0.2, 0.25) is 0 Å². The van der Waals surface area contributed by atoms with Crippen LogP contribution in [0.3, 0.4) is 0 Å². The maximum Gasteiger partial charge on any atom is 0.313 e. The van der Waals surface area contributed by atoms with Crippen molar-refractivity contribution in [3.8, 4) is 5.75 Å². The van der Waals surface area contributed by atoms with E-state index in [1.54, 1.807) is 18.9 Å². The molecule has 1 N–H and O–H groups in total. The molecule has 2 rings (SSSR count). The molecule has 0 heterocycles. The Morgan fingerprint density at radius 3 is 2.84 bits per heavy atom. The fourth-order valence-corrected chi connectivity index (χ4v) is 4.01. The summed E-state index contributed by atoms with van der Waals surface area (Å²) < 4.78 is 5.45. The Bertz CT molecular complexity index is 433. The van der Waals surface area contributed by atoms with Crippen molar-refractivity contribution in [3.05, 3.63) is 29.8 Å². The van der Waals surface area contributed by atoms with Gasteiger partial charge in [0, 0.05) is 5.25 Å². The molecule has 2 atom stereocenters. The molecule has 1 saturated carbocycles. The molecule has 0 saturated heterocycles. The molecule has 1 aliphatic carbocycles. The molecule has 1 fully saturated rings. The minimum atomic E-state index is -0.727. The summed E-state index contributed by atoms with van der Waals surface area (Å²) >= 11 is 1.57. The number of carbonyl (C=O) groups is 1. The van der Waals surface area contributed by atoms with Gasteiger partial charge in [-0.25, -0.2) is 0 Å². The molecule has 3 nitrogen and oxygen atoms in total. The first kappa shape index (κ1) is 14.3. The summed E-state index contributed by atoms with van der Waals surface area (Å²) in [6.45, 7) is 0. The Kier molecular flexibility index (Phi) is 5.14. The lowest BCUT2D eigenvalue weighted by molar-refractivity contribution is -0.133. The van der Waals surface area contributed by atoms with Crippen LogP contribution in [0.25, 0.3) is 0 Å². The maximum atomic E-state index is 10.8. The summed E-state index contributed by atoms with van der Waals surface area (Å²) in [6, 6.07) is 8.11. The van der Waals surface area contributed by atoms with Gasteiger partial charge in [-0.2, -0.15) is 0 Å². The van der Waals surface area contributed by atoms with Gasteiger partial charge in [-0.3, -0.25) is 4.79 Å². The van der Waals surface area contributed by atoms with Crippen LogP contribution in [0.2, 0.25) is 0 Å². The Morgan fingerprint density at radius 2 is 2.11 bits per heavy atom. The van der Waals surface area contributed by atoms with E-state index in [9.17, 15) is 4.79 Å². The summed E-state index contributed by atoms with van der Waals surface area (Å²) in [4.78, 5) is 10.8. The Balaban J connectivity index is 2.16. The highest BCUT2D eigenvalue weighted by atomic mass is 32.2. The SMILES string of the molecule is COc1ccccc1[C@@H]1CCCC[C@H]1SCC(=O)O. The molecule has 1 aliphatic rings. The van der Waals surface area contributed by atoms with Crippen molar-refractivity contribution in [2.24, 2.45) is 0 Å². The molecule has 19 heavy (non-hydrogen) atoms. The van der Waals surface area contributed by atoms with E-state index < -0.39 is 5.97 Å². The van der Waals surface area contributed by atoms with E-state index >= 15 is 0 Å². The average molecular weight is 280 g/mol. The topological polar surface area (TPSA) is 46.5 Å². The number of carboxylic acid groups (broad SMARTS) is 1. The molecule has 0 amide bonds. The van der Waals surface area contributed by atoms with Crippen LogP contribution >= 0.6 is 11.8 Å². The molecule has 0 aliphatic heterocycles. The van der Waals surface area contributed by atoms with E-state index in [2.05, 4.69) is 6.07 Å². The summed E-state index contributed by atoms with van der Waals surface area (Å²) in [5.41, 5.74) is 1.23. The highest BCUT2D eigenvalue weighted by Gasteiger charge is 2.29. The van der Waals surface area contributed by atoms with Gasteiger partial charge < -0.3 is 9.84 Å². The second kappa shape index (κ2) is 6.85. The highest BCUT2D eigenvalue weighted by Crippen LogP contribution is 2.42. The summed E-state index contributed by atoms with van der Waals surface area (Å²) in [5.74, 6) is 0.801. The molecule has 4 heteroatoms. The van der Waals surface area contributed by atoms with Crippen molar-refractivity contribution >= 4 is 17.7 Å². The monoisotopic (exact) mass is 280 g/mol. The van der Waals surface area contributed by atoms with Crippen LogP contribution in [0.5, 0.6) is 5.75 Å². The number of methoxy groups -OCH3 is 1. The summed E-state index contributed by atoms with van der Waals surface area (Å²) in [6.07, 6.45) is 4.63. The lowest BCUT2D eigenvalue weighted by atomic mass is 9.83. The molecule has 0 unspecified atom stereocenters. The second-order valence-electron chi connectivity index (χ2n) is 4.88. The normalized spacial score (nSPS) is 23.0. The molecule has 1 aromatic rings. The van der Waals surface area contributed by atoms with Crippen molar-refractivity contribution in [1.29, 1.82) is 0 Å². The van der Waals surface area contributed by atoms with Gasteiger partial charge in [0.15, 0.2) is 0 Å². The zero-order valence-electron chi connectivity index (χ0n) is 11.2. The molecular formula is C15H20O3S. The number of rotatable bonds is 5. The van der Waals surface area contributed by atoms with Crippen LogP contribution in [0.15, 0.2) is 24.3 Å². The molecule has 0 aromatic heterocycles. The average Bonchev–Trinajstić information content (AvgIpc) is 2.45. The third kappa shape index (κ3) is 3.66. The standard InChI is InChI=1S/C15H20O3S/c1-18-13-8-4-2-6-11(13)12-7-3-5-9-14(12)19-10-15(16)17/h2,4,6,8,12,14H,3,5,7,9-10H2,1H3,(H,16,17)/t12-,14+/m0/s1. The van der Waals surface area contributed by atoms with E-state index in [4.69, 9.17) is 9.84 Å². The number of hydrogen-bond acceptors (Lipinski definition) is 3. The number of thioether (sulfide) groups is 1. The minimum absolute atomic E-state index is 0.191. The third-order valence-corrected chi connectivity index (χ3v) is 5.07. The number of hydrogen-bond donors (Lipinski definition) is 1. The fourth-order valence-electron chi connectivity index (χ4n) is 2.80. The predicted octanol–water partition coefficient (Wildman–Crippen LogP) is 3.54. The first-order chi connectivity index (χ1) is 9.22. The lowest BCUT2D eigenvalue weighted by Gasteiger charge is -2.32. The molecule has 104 valence electrons. The largest absolute Gasteiger partial charge is 0.496 e. The number of benzene rings is 1. The smallest absolute Gasteiger partial charge is 0.313 e. The molecule has 0 radical (unpaired) electrons. The van der Waals surface area contributed by atoms with Gasteiger partial charge in [0.05, 0.1) is 12.9 Å². The number of carboxylic acids is 1. The van der Waals surface area contributed by atoms with Crippen LogP contribution in [0, 0.1) is 0 Å². The summed E-state index contributed by atoms with van der Waals surface area (Å²) in [5, 5.41) is 9.25. The van der Waals surface area contributed by atoms with E-state index in [0.717, 1.165) is 18.6 Å². The van der Waals surface area contributed by atoms with Crippen LogP contribution in [0.4, 0.5) is 0 Å². The number of aliphatic carboxylic acids is 1. The van der Waals surface area contributed by atoms with Gasteiger partial charge in [0.1, 0.15) is 5.75 Å². The van der Waals surface area contributed by atoms with Crippen molar-refractivity contribution in [2.45, 2.75) is 36.9 Å². The molecule has 1 aromatic carbocycles. The zero-order valence-corrected chi connectivity index (χ0v) is 12.0. The van der Waals surface area contributed by atoms with Gasteiger partial charge in [-0.15, -0.1) is 11.8 Å². The molecule has 0 spiro atoms. The zero-order chi connectivity index (χ0) is 13.7. The van der Waals surface area contributed by atoms with Crippen molar-refractivity contribution in [1.82, 2.24) is 0 Å². The fraction of sp³-hybridized carbons (Fsp3) is 0.533. The lowest BCUT2D eigenvalue weighted by Crippen LogP contribution is -2.22. The van der Waals surface area contributed by atoms with Crippen LogP contribution < -0.4 is 4.74 Å². The first-order valence-electron chi connectivity index (χ1n) is 6.68. The van der Waals surface area contributed by atoms with E-state index in [-0.39, 0.29) is 5.75 Å². The Morgan fingerprint density at radius 1 is 1.37 bits per heavy atom. The Hall–Kier alpha value is -1.16. The quantitative estimate of drug-likeness (QED) is 0.896. The van der Waals surface area contributed by atoms with E-state index in [1.807, 2.05) is 18.2 Å². The molecular weight excluding hydrogens is 260 g/mol. The predicted molar refractivity (Wildman–Crippen MR) is 78.1 cm³/mol. The second-order valence-corrected chi connectivity index (χ2v) is 6.10. The van der Waals surface area contributed by atoms with Crippen LogP contribution in [-0.2, 0) is 4.79 Å². The van der Waals surface area contributed by atoms with Crippen LogP contribution in [0.1, 0.15) is 37.2 Å². The van der Waals surface area contributed by atoms with Crippen LogP contribution in [-0.4, -0.2) is 29.2 Å². The number of ether oxygens (including phenoxy) is 1. The highest BCUT2D eigenvalue weighted by molar-refractivity contribution is 8.00. The molecule has 0 bridgehead atoms. The van der Waals surface area contributed by atoms with Gasteiger partial charge >= 0.3 is 5.97 Å². The van der Waals surface area contributed by atoms with Gasteiger partial charge in [-0.1, -0.05) is 31.0 Å². The van der Waals surface area contributed by atoms with E-state index in [0.29, 0.717) is 11.2 Å². The van der Waals surface area contributed by atoms with Gasteiger partial charge in [-0.05, 0) is 30.4 Å². The third-order valence-electron chi connectivity index (χ3n) is 3.66. The van der Waals surface area contributed by atoms with Gasteiger partial charge in [0.25, 0.3) is 0 Å². The van der Waals surface area contributed by atoms with E-state index in [1.165, 1.54) is 18.4 Å². The minimum Gasteiger partial charge on any atom is -0.496 e. The van der Waals surface area contributed by atoms with Crippen molar-refractivity contribution in [3.63, 3.8) is 0 Å². The number of para-hydroxylation sites is 1. The summed E-state index contributed by atoms with van der Waals surface area (Å²) in [7, 11) is 1.70. The van der Waals surface area contributed by atoms with Crippen molar-refractivity contribution < 1.29 is 14.6 Å². The van der Waals surface area contributed by atoms with Crippen molar-refractivity contribution in [2.75, 3.05) is 12.9 Å². The maximum absolute atomic E-state index is 10.8. The Labute approximate surface area is 118 Å². The first-order valence-corrected chi connectivity index (χ1v) is 7.73.